The summed E-state index contributed by atoms with van der Waals surface area (Å²) in [6.45, 7) is 8.01. The Balaban J connectivity index is 3.60. The van der Waals surface area contributed by atoms with Gasteiger partial charge >= 0.3 is 5.97 Å². The Hall–Kier alpha value is -0.830. The van der Waals surface area contributed by atoms with Crippen molar-refractivity contribution < 1.29 is 9.53 Å². The fourth-order valence-electron chi connectivity index (χ4n) is 0.587. The Kier molecular flexibility index (Phi) is 4.54. The van der Waals surface area contributed by atoms with Gasteiger partial charge in [0.05, 0.1) is 7.11 Å². The van der Waals surface area contributed by atoms with E-state index in [9.17, 15) is 4.79 Å². The molecule has 0 heterocycles. The van der Waals surface area contributed by atoms with Gasteiger partial charge in [-0.1, -0.05) is 12.2 Å². The summed E-state index contributed by atoms with van der Waals surface area (Å²) in [5.74, 6) is -0.244. The Bertz CT molecular complexity index is 154. The summed E-state index contributed by atoms with van der Waals surface area (Å²) in [6.07, 6.45) is 0. The van der Waals surface area contributed by atoms with E-state index in [-0.39, 0.29) is 12.0 Å². The molecule has 0 aliphatic carbocycles. The van der Waals surface area contributed by atoms with Gasteiger partial charge in [-0.15, -0.1) is 0 Å². The molecule has 0 aromatic carbocycles. The second kappa shape index (κ2) is 4.91. The second-order valence-corrected chi connectivity index (χ2v) is 2.58. The number of ether oxygens (including phenoxy) is 1. The van der Waals surface area contributed by atoms with E-state index >= 15 is 0 Å². The SMILES string of the molecule is C=C(C)CNC(C)C(=O)OC. The van der Waals surface area contributed by atoms with E-state index in [4.69, 9.17) is 0 Å². The van der Waals surface area contributed by atoms with E-state index in [1.165, 1.54) is 7.11 Å². The van der Waals surface area contributed by atoms with E-state index in [1.807, 2.05) is 6.92 Å². The number of rotatable bonds is 4. The smallest absolute Gasteiger partial charge is 0.322 e. The van der Waals surface area contributed by atoms with Gasteiger partial charge in [-0.3, -0.25) is 4.79 Å². The summed E-state index contributed by atoms with van der Waals surface area (Å²) < 4.78 is 4.51. The minimum Gasteiger partial charge on any atom is -0.468 e. The topological polar surface area (TPSA) is 38.3 Å². The first-order valence-corrected chi connectivity index (χ1v) is 3.53. The molecule has 0 aliphatic rings. The van der Waals surface area contributed by atoms with Crippen LogP contribution in [-0.4, -0.2) is 25.7 Å². The number of carbonyl (C=O) groups excluding carboxylic acids is 1. The van der Waals surface area contributed by atoms with Gasteiger partial charge < -0.3 is 10.1 Å². The minimum atomic E-state index is -0.253. The van der Waals surface area contributed by atoms with Gasteiger partial charge in [0.15, 0.2) is 0 Å². The molecule has 0 spiro atoms. The maximum Gasteiger partial charge on any atom is 0.322 e. The molecule has 0 saturated carbocycles. The summed E-state index contributed by atoms with van der Waals surface area (Å²) in [5, 5.41) is 2.96. The lowest BCUT2D eigenvalue weighted by Gasteiger charge is -2.10. The Morgan fingerprint density at radius 3 is 2.64 bits per heavy atom. The van der Waals surface area contributed by atoms with Gasteiger partial charge in [0.2, 0.25) is 0 Å². The van der Waals surface area contributed by atoms with Crippen LogP contribution in [0.5, 0.6) is 0 Å². The van der Waals surface area contributed by atoms with Crippen LogP contribution in [0, 0.1) is 0 Å². The summed E-state index contributed by atoms with van der Waals surface area (Å²) in [5.41, 5.74) is 1.00. The molecule has 11 heavy (non-hydrogen) atoms. The van der Waals surface area contributed by atoms with Crippen molar-refractivity contribution in [2.75, 3.05) is 13.7 Å². The molecule has 1 unspecified atom stereocenters. The number of carbonyl (C=O) groups is 1. The van der Waals surface area contributed by atoms with Gasteiger partial charge in [-0.05, 0) is 13.8 Å². The first kappa shape index (κ1) is 10.2. The van der Waals surface area contributed by atoms with Crippen molar-refractivity contribution in [1.82, 2.24) is 5.32 Å². The normalized spacial score (nSPS) is 12.3. The monoisotopic (exact) mass is 157 g/mol. The molecule has 0 fully saturated rings. The van der Waals surface area contributed by atoms with Crippen LogP contribution < -0.4 is 5.32 Å². The largest absolute Gasteiger partial charge is 0.468 e. The third-order valence-corrected chi connectivity index (χ3v) is 1.26. The molecule has 0 bridgehead atoms. The van der Waals surface area contributed by atoms with Crippen molar-refractivity contribution in [1.29, 1.82) is 0 Å². The fraction of sp³-hybridized carbons (Fsp3) is 0.625. The predicted molar refractivity (Wildman–Crippen MR) is 44.3 cm³/mol. The van der Waals surface area contributed by atoms with Gasteiger partial charge in [-0.25, -0.2) is 0 Å². The zero-order valence-electron chi connectivity index (χ0n) is 7.31. The quantitative estimate of drug-likeness (QED) is 0.482. The molecule has 3 nitrogen and oxygen atoms in total. The Morgan fingerprint density at radius 1 is 1.73 bits per heavy atom. The fourth-order valence-corrected chi connectivity index (χ4v) is 0.587. The maximum atomic E-state index is 10.8. The molecule has 0 saturated heterocycles. The molecule has 1 N–H and O–H groups in total. The first-order valence-electron chi connectivity index (χ1n) is 3.53. The molecule has 0 aromatic heterocycles. The molecule has 0 rings (SSSR count). The number of nitrogens with one attached hydrogen (secondary N) is 1. The Morgan fingerprint density at radius 2 is 2.27 bits per heavy atom. The predicted octanol–water partition coefficient (Wildman–Crippen LogP) is 0.714. The van der Waals surface area contributed by atoms with E-state index in [0.717, 1.165) is 5.57 Å². The average molecular weight is 157 g/mol. The standard InChI is InChI=1S/C8H15NO2/c1-6(2)5-9-7(3)8(10)11-4/h7,9H,1,5H2,2-4H3. The lowest BCUT2D eigenvalue weighted by Crippen LogP contribution is -2.35. The molecule has 3 heteroatoms. The van der Waals surface area contributed by atoms with Crippen LogP contribution in [-0.2, 0) is 9.53 Å². The van der Waals surface area contributed by atoms with Gasteiger partial charge in [-0.2, -0.15) is 0 Å². The average Bonchev–Trinajstić information content (AvgIpc) is 1.98. The highest BCUT2D eigenvalue weighted by molar-refractivity contribution is 5.75. The highest BCUT2D eigenvalue weighted by Gasteiger charge is 2.10. The van der Waals surface area contributed by atoms with Gasteiger partial charge in [0.25, 0.3) is 0 Å². The van der Waals surface area contributed by atoms with E-state index in [2.05, 4.69) is 16.6 Å². The summed E-state index contributed by atoms with van der Waals surface area (Å²) in [6, 6.07) is -0.253. The lowest BCUT2D eigenvalue weighted by molar-refractivity contribution is -0.142. The summed E-state index contributed by atoms with van der Waals surface area (Å²) in [4.78, 5) is 10.8. The van der Waals surface area contributed by atoms with Crippen molar-refractivity contribution in [2.45, 2.75) is 19.9 Å². The first-order chi connectivity index (χ1) is 5.07. The summed E-state index contributed by atoms with van der Waals surface area (Å²) in [7, 11) is 1.38. The zero-order chi connectivity index (χ0) is 8.85. The molecular formula is C8H15NO2. The second-order valence-electron chi connectivity index (χ2n) is 2.58. The zero-order valence-corrected chi connectivity index (χ0v) is 7.31. The van der Waals surface area contributed by atoms with Crippen molar-refractivity contribution in [3.05, 3.63) is 12.2 Å². The van der Waals surface area contributed by atoms with E-state index in [0.29, 0.717) is 6.54 Å². The van der Waals surface area contributed by atoms with Crippen LogP contribution in [0.4, 0.5) is 0 Å². The highest BCUT2D eigenvalue weighted by Crippen LogP contribution is 1.88. The molecule has 0 aliphatic heterocycles. The van der Waals surface area contributed by atoms with E-state index in [1.54, 1.807) is 6.92 Å². The number of hydrogen-bond donors (Lipinski definition) is 1. The van der Waals surface area contributed by atoms with Crippen LogP contribution in [0.25, 0.3) is 0 Å². The number of methoxy groups -OCH3 is 1. The third-order valence-electron chi connectivity index (χ3n) is 1.26. The van der Waals surface area contributed by atoms with Crippen LogP contribution >= 0.6 is 0 Å². The molecule has 0 aromatic rings. The van der Waals surface area contributed by atoms with Crippen molar-refractivity contribution in [3.63, 3.8) is 0 Å². The van der Waals surface area contributed by atoms with Crippen LogP contribution in [0.3, 0.4) is 0 Å². The minimum absolute atomic E-state index is 0.244. The van der Waals surface area contributed by atoms with E-state index < -0.39 is 0 Å². The molecule has 0 amide bonds. The highest BCUT2D eigenvalue weighted by atomic mass is 16.5. The molecule has 1 atom stereocenters. The van der Waals surface area contributed by atoms with Gasteiger partial charge in [0.1, 0.15) is 6.04 Å². The van der Waals surface area contributed by atoms with Gasteiger partial charge in [0, 0.05) is 6.54 Å². The van der Waals surface area contributed by atoms with Crippen molar-refractivity contribution in [2.24, 2.45) is 0 Å². The molecule has 0 radical (unpaired) electrons. The van der Waals surface area contributed by atoms with Crippen LogP contribution in [0.2, 0.25) is 0 Å². The third kappa shape index (κ3) is 4.56. The van der Waals surface area contributed by atoms with Crippen LogP contribution in [0.1, 0.15) is 13.8 Å². The molecular weight excluding hydrogens is 142 g/mol. The molecule has 64 valence electrons. The number of esters is 1. The lowest BCUT2D eigenvalue weighted by atomic mass is 10.3. The van der Waals surface area contributed by atoms with Crippen LogP contribution in [0.15, 0.2) is 12.2 Å². The number of hydrogen-bond acceptors (Lipinski definition) is 3. The summed E-state index contributed by atoms with van der Waals surface area (Å²) >= 11 is 0. The Labute approximate surface area is 67.4 Å². The maximum absolute atomic E-state index is 10.8. The van der Waals surface area contributed by atoms with Crippen molar-refractivity contribution >= 4 is 5.97 Å². The van der Waals surface area contributed by atoms with Crippen molar-refractivity contribution in [3.8, 4) is 0 Å².